The molecule has 0 saturated carbocycles. The number of hydrogen-bond donors (Lipinski definition) is 4. The first-order chi connectivity index (χ1) is 5.63. The number of nitrogens with one attached hydrogen (secondary N) is 1. The first-order valence-electron chi connectivity index (χ1n) is 3.96. The van der Waals surface area contributed by atoms with Crippen molar-refractivity contribution < 1.29 is 10.2 Å². The van der Waals surface area contributed by atoms with E-state index in [1.807, 2.05) is 0 Å². The van der Waals surface area contributed by atoms with Crippen LogP contribution in [0.5, 0.6) is 0 Å². The molecule has 0 spiro atoms. The molecule has 0 aromatic carbocycles. The SMILES string of the molecule is OC(O)CCCCCNC(=S)S. The Morgan fingerprint density at radius 3 is 2.50 bits per heavy atom. The van der Waals surface area contributed by atoms with Crippen LogP contribution in [-0.4, -0.2) is 27.4 Å². The van der Waals surface area contributed by atoms with Gasteiger partial charge in [-0.3, -0.25) is 0 Å². The van der Waals surface area contributed by atoms with Gasteiger partial charge in [0.05, 0.1) is 0 Å². The lowest BCUT2D eigenvalue weighted by molar-refractivity contribution is -0.0465. The van der Waals surface area contributed by atoms with Crippen LogP contribution in [-0.2, 0) is 0 Å². The highest BCUT2D eigenvalue weighted by molar-refractivity contribution is 8.11. The molecular weight excluding hydrogens is 194 g/mol. The minimum Gasteiger partial charge on any atom is -0.371 e. The maximum atomic E-state index is 8.50. The summed E-state index contributed by atoms with van der Waals surface area (Å²) in [6, 6.07) is 0. The Kier molecular flexibility index (Phi) is 7.89. The van der Waals surface area contributed by atoms with Crippen LogP contribution in [0, 0.1) is 0 Å². The minimum absolute atomic E-state index is 0.450. The van der Waals surface area contributed by atoms with Crippen LogP contribution < -0.4 is 5.32 Å². The minimum atomic E-state index is -1.16. The van der Waals surface area contributed by atoms with Crippen molar-refractivity contribution in [2.45, 2.75) is 32.0 Å². The summed E-state index contributed by atoms with van der Waals surface area (Å²) in [5, 5.41) is 19.9. The third-order valence-electron chi connectivity index (χ3n) is 1.42. The fraction of sp³-hybridized carbons (Fsp3) is 0.857. The van der Waals surface area contributed by atoms with Gasteiger partial charge in [-0.05, 0) is 19.3 Å². The number of aliphatic hydroxyl groups excluding tert-OH is 1. The summed E-state index contributed by atoms with van der Waals surface area (Å²) in [6.45, 7) is 0.809. The highest BCUT2D eigenvalue weighted by Crippen LogP contribution is 2.00. The maximum Gasteiger partial charge on any atom is 0.151 e. The fourth-order valence-corrected chi connectivity index (χ4v) is 1.04. The van der Waals surface area contributed by atoms with Crippen molar-refractivity contribution in [3.8, 4) is 0 Å². The Morgan fingerprint density at radius 1 is 1.33 bits per heavy atom. The highest BCUT2D eigenvalue weighted by Gasteiger charge is 1.96. The van der Waals surface area contributed by atoms with Gasteiger partial charge in [0.2, 0.25) is 0 Å². The zero-order chi connectivity index (χ0) is 9.40. The second-order valence-electron chi connectivity index (χ2n) is 2.56. The molecule has 0 saturated heterocycles. The summed E-state index contributed by atoms with van der Waals surface area (Å²) in [4.78, 5) is 0. The van der Waals surface area contributed by atoms with Gasteiger partial charge >= 0.3 is 0 Å². The van der Waals surface area contributed by atoms with Gasteiger partial charge in [-0.15, -0.1) is 12.6 Å². The second-order valence-corrected chi connectivity index (χ2v) is 3.72. The topological polar surface area (TPSA) is 52.5 Å². The number of thiocarbonyl (C=S) groups is 1. The van der Waals surface area contributed by atoms with Crippen molar-refractivity contribution in [1.29, 1.82) is 0 Å². The summed E-state index contributed by atoms with van der Waals surface area (Å²) >= 11 is 8.58. The van der Waals surface area contributed by atoms with Crippen molar-refractivity contribution in [1.82, 2.24) is 5.32 Å². The van der Waals surface area contributed by atoms with Gasteiger partial charge in [-0.2, -0.15) is 0 Å². The van der Waals surface area contributed by atoms with Gasteiger partial charge in [0.15, 0.2) is 6.29 Å². The molecule has 0 aliphatic rings. The molecule has 0 fully saturated rings. The second kappa shape index (κ2) is 7.79. The van der Waals surface area contributed by atoms with Crippen molar-refractivity contribution in [3.05, 3.63) is 0 Å². The molecule has 0 aliphatic carbocycles. The molecule has 0 unspecified atom stereocenters. The molecule has 0 aromatic heterocycles. The maximum absolute atomic E-state index is 8.50. The Hall–Kier alpha value is 0.160. The number of hydrogen-bond acceptors (Lipinski definition) is 3. The first-order valence-corrected chi connectivity index (χ1v) is 4.81. The van der Waals surface area contributed by atoms with Gasteiger partial charge < -0.3 is 15.5 Å². The van der Waals surface area contributed by atoms with Crippen molar-refractivity contribution >= 4 is 29.2 Å². The normalized spacial score (nSPS) is 10.3. The number of rotatable bonds is 6. The van der Waals surface area contributed by atoms with E-state index in [0.29, 0.717) is 10.7 Å². The summed E-state index contributed by atoms with van der Waals surface area (Å²) < 4.78 is 0.511. The van der Waals surface area contributed by atoms with Gasteiger partial charge in [-0.1, -0.05) is 18.6 Å². The lowest BCUT2D eigenvalue weighted by atomic mass is 10.2. The van der Waals surface area contributed by atoms with Crippen molar-refractivity contribution in [2.75, 3.05) is 6.54 Å². The molecule has 0 heterocycles. The monoisotopic (exact) mass is 209 g/mol. The molecule has 0 atom stereocenters. The van der Waals surface area contributed by atoms with Crippen LogP contribution in [0.15, 0.2) is 0 Å². The quantitative estimate of drug-likeness (QED) is 0.225. The molecule has 12 heavy (non-hydrogen) atoms. The third-order valence-corrected chi connectivity index (χ3v) is 1.72. The van der Waals surface area contributed by atoms with Crippen LogP contribution in [0.3, 0.4) is 0 Å². The molecule has 72 valence electrons. The zero-order valence-electron chi connectivity index (χ0n) is 6.86. The highest BCUT2D eigenvalue weighted by atomic mass is 32.1. The van der Waals surface area contributed by atoms with E-state index in [1.54, 1.807) is 0 Å². The van der Waals surface area contributed by atoms with Gasteiger partial charge in [0.25, 0.3) is 0 Å². The molecule has 3 N–H and O–H groups in total. The third kappa shape index (κ3) is 10.2. The Morgan fingerprint density at radius 2 is 2.00 bits per heavy atom. The fourth-order valence-electron chi connectivity index (χ4n) is 0.824. The largest absolute Gasteiger partial charge is 0.371 e. The van der Waals surface area contributed by atoms with Crippen LogP contribution in [0.4, 0.5) is 0 Å². The van der Waals surface area contributed by atoms with Gasteiger partial charge in [0, 0.05) is 6.54 Å². The molecule has 0 amide bonds. The summed E-state index contributed by atoms with van der Waals surface area (Å²) in [5.41, 5.74) is 0. The molecule has 0 radical (unpaired) electrons. The van der Waals surface area contributed by atoms with Crippen LogP contribution >= 0.6 is 24.8 Å². The number of aliphatic hydroxyl groups is 2. The molecular formula is C7H15NO2S2. The average Bonchev–Trinajstić information content (AvgIpc) is 1.95. The molecule has 0 aliphatic heterocycles. The molecule has 5 heteroatoms. The van der Waals surface area contributed by atoms with Crippen LogP contribution in [0.1, 0.15) is 25.7 Å². The summed E-state index contributed by atoms with van der Waals surface area (Å²) in [6.07, 6.45) is 2.07. The van der Waals surface area contributed by atoms with Gasteiger partial charge in [0.1, 0.15) is 4.32 Å². The molecule has 3 nitrogen and oxygen atoms in total. The Labute approximate surface area is 83.6 Å². The molecule has 0 bridgehead atoms. The lowest BCUT2D eigenvalue weighted by Crippen LogP contribution is -2.17. The van der Waals surface area contributed by atoms with E-state index in [9.17, 15) is 0 Å². The van der Waals surface area contributed by atoms with E-state index < -0.39 is 6.29 Å². The Balaban J connectivity index is 2.96. The van der Waals surface area contributed by atoms with E-state index >= 15 is 0 Å². The predicted molar refractivity (Wildman–Crippen MR) is 56.3 cm³/mol. The van der Waals surface area contributed by atoms with Crippen LogP contribution in [0.25, 0.3) is 0 Å². The van der Waals surface area contributed by atoms with Crippen LogP contribution in [0.2, 0.25) is 0 Å². The first kappa shape index (κ1) is 12.2. The average molecular weight is 209 g/mol. The number of unbranched alkanes of at least 4 members (excludes halogenated alkanes) is 2. The van der Waals surface area contributed by atoms with E-state index in [0.717, 1.165) is 25.8 Å². The van der Waals surface area contributed by atoms with E-state index in [4.69, 9.17) is 10.2 Å². The summed E-state index contributed by atoms with van der Waals surface area (Å²) in [7, 11) is 0. The smallest absolute Gasteiger partial charge is 0.151 e. The summed E-state index contributed by atoms with van der Waals surface area (Å²) in [5.74, 6) is 0. The van der Waals surface area contributed by atoms with E-state index in [1.165, 1.54) is 0 Å². The standard InChI is InChI=1S/C7H15NO2S2/c9-6(10)4-2-1-3-5-8-7(11)12/h6,9-10H,1-5H2,(H2,8,11,12). The van der Waals surface area contributed by atoms with Crippen molar-refractivity contribution in [2.24, 2.45) is 0 Å². The molecule has 0 aromatic rings. The van der Waals surface area contributed by atoms with Gasteiger partial charge in [-0.25, -0.2) is 0 Å². The number of thiol groups is 1. The molecule has 0 rings (SSSR count). The lowest BCUT2D eigenvalue weighted by Gasteiger charge is -2.04. The zero-order valence-corrected chi connectivity index (χ0v) is 8.57. The predicted octanol–water partition coefficient (Wildman–Crippen LogP) is 0.662. The van der Waals surface area contributed by atoms with Crippen molar-refractivity contribution in [3.63, 3.8) is 0 Å². The van der Waals surface area contributed by atoms with E-state index in [-0.39, 0.29) is 0 Å². The Bertz CT molecular complexity index is 131. The van der Waals surface area contributed by atoms with E-state index in [2.05, 4.69) is 30.2 Å².